The minimum atomic E-state index is -0.0810. The highest BCUT2D eigenvalue weighted by Crippen LogP contribution is 2.33. The first-order chi connectivity index (χ1) is 14.3. The Kier molecular flexibility index (Phi) is 4.71. The zero-order valence-electron chi connectivity index (χ0n) is 16.2. The van der Waals surface area contributed by atoms with E-state index in [2.05, 4.69) is 10.3 Å². The number of carbonyl (C=O) groups excluding carboxylic acids is 1. The number of fused-ring (bicyclic) bond motifs is 2. The van der Waals surface area contributed by atoms with Crippen LogP contribution in [0.15, 0.2) is 42.5 Å². The maximum Gasteiger partial charge on any atom is 0.321 e. The van der Waals surface area contributed by atoms with Crippen LogP contribution < -0.4 is 14.8 Å². The van der Waals surface area contributed by atoms with Gasteiger partial charge in [0.2, 0.25) is 0 Å². The Morgan fingerprint density at radius 1 is 1.07 bits per heavy atom. The number of rotatable bonds is 2. The number of anilines is 1. The second-order valence-corrected chi connectivity index (χ2v) is 7.54. The van der Waals surface area contributed by atoms with Crippen molar-refractivity contribution in [2.24, 2.45) is 0 Å². The van der Waals surface area contributed by atoms with Crippen LogP contribution in [0.5, 0.6) is 11.5 Å². The first-order valence-corrected chi connectivity index (χ1v) is 10.2. The molecule has 29 heavy (non-hydrogen) atoms. The molecule has 0 radical (unpaired) electrons. The number of para-hydroxylation sites is 2. The number of amides is 2. The van der Waals surface area contributed by atoms with E-state index in [-0.39, 0.29) is 6.03 Å². The van der Waals surface area contributed by atoms with Gasteiger partial charge in [-0.1, -0.05) is 12.1 Å². The first kappa shape index (κ1) is 17.8. The van der Waals surface area contributed by atoms with Crippen LogP contribution >= 0.6 is 0 Å². The maximum atomic E-state index is 12.7. The molecule has 1 fully saturated rings. The fourth-order valence-corrected chi connectivity index (χ4v) is 3.97. The van der Waals surface area contributed by atoms with Gasteiger partial charge in [-0.3, -0.25) is 0 Å². The maximum absolute atomic E-state index is 12.7. The molecule has 2 aliphatic heterocycles. The smallest absolute Gasteiger partial charge is 0.321 e. The monoisotopic (exact) mass is 392 g/mol. The molecule has 150 valence electrons. The van der Waals surface area contributed by atoms with Crippen molar-refractivity contribution in [2.75, 3.05) is 31.6 Å². The van der Waals surface area contributed by atoms with Gasteiger partial charge < -0.3 is 24.7 Å². The quantitative estimate of drug-likeness (QED) is 0.687. The fraction of sp³-hybridized carbons (Fsp3) is 0.364. The van der Waals surface area contributed by atoms with Crippen molar-refractivity contribution in [3.63, 3.8) is 0 Å². The lowest BCUT2D eigenvalue weighted by atomic mass is 9.96. The number of hydrogen-bond donors (Lipinski definition) is 2. The molecule has 2 N–H and O–H groups in total. The number of urea groups is 1. The minimum Gasteiger partial charge on any atom is -0.490 e. The molecule has 7 heteroatoms. The molecule has 0 aliphatic carbocycles. The Labute approximate surface area is 169 Å². The summed E-state index contributed by atoms with van der Waals surface area (Å²) in [6.45, 7) is 2.69. The van der Waals surface area contributed by atoms with Crippen molar-refractivity contribution in [1.29, 1.82) is 0 Å². The zero-order chi connectivity index (χ0) is 19.6. The number of aromatic nitrogens is 2. The van der Waals surface area contributed by atoms with Crippen LogP contribution in [-0.4, -0.2) is 47.2 Å². The number of ether oxygens (including phenoxy) is 2. The third-order valence-electron chi connectivity index (χ3n) is 5.58. The van der Waals surface area contributed by atoms with Gasteiger partial charge in [0.1, 0.15) is 5.82 Å². The Hall–Kier alpha value is -3.22. The summed E-state index contributed by atoms with van der Waals surface area (Å²) in [5.74, 6) is 2.79. The summed E-state index contributed by atoms with van der Waals surface area (Å²) in [7, 11) is 0. The molecule has 0 bridgehead atoms. The number of aromatic amines is 1. The molecule has 0 atom stereocenters. The minimum absolute atomic E-state index is 0.0810. The summed E-state index contributed by atoms with van der Waals surface area (Å²) in [5.41, 5.74) is 2.79. The van der Waals surface area contributed by atoms with E-state index in [1.807, 2.05) is 47.4 Å². The van der Waals surface area contributed by atoms with Crippen molar-refractivity contribution in [3.8, 4) is 11.5 Å². The number of piperidine rings is 1. The molecule has 3 aromatic rings. The third-order valence-corrected chi connectivity index (χ3v) is 5.58. The number of hydrogen-bond acceptors (Lipinski definition) is 4. The van der Waals surface area contributed by atoms with Gasteiger partial charge in [0.05, 0.1) is 24.2 Å². The number of imidazole rings is 1. The van der Waals surface area contributed by atoms with Crippen LogP contribution in [0.3, 0.4) is 0 Å². The molecule has 0 unspecified atom stereocenters. The summed E-state index contributed by atoms with van der Waals surface area (Å²) in [6, 6.07) is 13.5. The Bertz CT molecular complexity index is 991. The summed E-state index contributed by atoms with van der Waals surface area (Å²) in [4.78, 5) is 22.7. The van der Waals surface area contributed by atoms with E-state index < -0.39 is 0 Å². The van der Waals surface area contributed by atoms with E-state index in [4.69, 9.17) is 14.5 Å². The van der Waals surface area contributed by atoms with Crippen molar-refractivity contribution in [3.05, 3.63) is 48.3 Å². The average Bonchev–Trinajstić information content (AvgIpc) is 3.05. The van der Waals surface area contributed by atoms with Crippen LogP contribution in [-0.2, 0) is 0 Å². The number of likely N-dealkylation sites (tertiary alicyclic amines) is 1. The van der Waals surface area contributed by atoms with Gasteiger partial charge in [0, 0.05) is 37.2 Å². The first-order valence-electron chi connectivity index (χ1n) is 10.2. The van der Waals surface area contributed by atoms with Gasteiger partial charge in [0.25, 0.3) is 0 Å². The topological polar surface area (TPSA) is 79.5 Å². The summed E-state index contributed by atoms with van der Waals surface area (Å²) < 4.78 is 11.3. The van der Waals surface area contributed by atoms with E-state index in [0.717, 1.165) is 47.6 Å². The third kappa shape index (κ3) is 3.72. The lowest BCUT2D eigenvalue weighted by molar-refractivity contribution is 0.193. The molecule has 7 nitrogen and oxygen atoms in total. The number of benzene rings is 2. The largest absolute Gasteiger partial charge is 0.490 e. The Morgan fingerprint density at radius 3 is 2.69 bits per heavy atom. The van der Waals surface area contributed by atoms with Gasteiger partial charge >= 0.3 is 6.03 Å². The highest BCUT2D eigenvalue weighted by molar-refractivity contribution is 5.89. The van der Waals surface area contributed by atoms with Gasteiger partial charge in [-0.05, 0) is 37.1 Å². The lowest BCUT2D eigenvalue weighted by Crippen LogP contribution is -2.40. The van der Waals surface area contributed by atoms with E-state index in [9.17, 15) is 4.79 Å². The predicted molar refractivity (Wildman–Crippen MR) is 111 cm³/mol. The van der Waals surface area contributed by atoms with Gasteiger partial charge in [-0.25, -0.2) is 9.78 Å². The Morgan fingerprint density at radius 2 is 1.86 bits per heavy atom. The second-order valence-electron chi connectivity index (χ2n) is 7.54. The summed E-state index contributed by atoms with van der Waals surface area (Å²) in [5, 5.41) is 2.99. The van der Waals surface area contributed by atoms with Crippen LogP contribution in [0.25, 0.3) is 11.0 Å². The lowest BCUT2D eigenvalue weighted by Gasteiger charge is -2.31. The van der Waals surface area contributed by atoms with Crippen molar-refractivity contribution in [1.82, 2.24) is 14.9 Å². The molecular weight excluding hydrogens is 368 g/mol. The van der Waals surface area contributed by atoms with Crippen LogP contribution in [0.2, 0.25) is 0 Å². The van der Waals surface area contributed by atoms with Gasteiger partial charge in [-0.2, -0.15) is 0 Å². The Balaban J connectivity index is 1.20. The normalized spacial score (nSPS) is 17.2. The number of carbonyl (C=O) groups is 1. The van der Waals surface area contributed by atoms with E-state index in [1.165, 1.54) is 0 Å². The van der Waals surface area contributed by atoms with Gasteiger partial charge in [0.15, 0.2) is 11.5 Å². The average molecular weight is 392 g/mol. The van der Waals surface area contributed by atoms with Gasteiger partial charge in [-0.15, -0.1) is 0 Å². The fourth-order valence-electron chi connectivity index (χ4n) is 3.97. The number of H-pyrrole nitrogens is 1. The van der Waals surface area contributed by atoms with Crippen LogP contribution in [0.1, 0.15) is 31.0 Å². The summed E-state index contributed by atoms with van der Waals surface area (Å²) >= 11 is 0. The molecule has 1 aromatic heterocycles. The molecule has 2 aromatic carbocycles. The number of nitrogens with one attached hydrogen (secondary N) is 2. The van der Waals surface area contributed by atoms with Crippen LogP contribution in [0.4, 0.5) is 10.5 Å². The highest BCUT2D eigenvalue weighted by atomic mass is 16.5. The SMILES string of the molecule is O=C(Nc1ccc2c(c1)OCCCO2)N1CCC(c2nc3ccccc3[nH]2)CC1. The highest BCUT2D eigenvalue weighted by Gasteiger charge is 2.26. The predicted octanol–water partition coefficient (Wildman–Crippen LogP) is 4.14. The number of nitrogens with zero attached hydrogens (tertiary/aromatic N) is 2. The standard InChI is InChI=1S/C22H24N4O3/c27-22(23-16-6-7-19-20(14-16)29-13-3-12-28-19)26-10-8-15(9-11-26)21-24-17-4-1-2-5-18(17)25-21/h1-2,4-7,14-15H,3,8-13H2,(H,23,27)(H,24,25). The zero-order valence-corrected chi connectivity index (χ0v) is 16.2. The molecular formula is C22H24N4O3. The van der Waals surface area contributed by atoms with E-state index in [0.29, 0.717) is 38.0 Å². The molecule has 3 heterocycles. The van der Waals surface area contributed by atoms with Crippen molar-refractivity contribution >= 4 is 22.8 Å². The van der Waals surface area contributed by atoms with Crippen LogP contribution in [0, 0.1) is 0 Å². The molecule has 2 amide bonds. The van der Waals surface area contributed by atoms with Crippen molar-refractivity contribution < 1.29 is 14.3 Å². The van der Waals surface area contributed by atoms with E-state index >= 15 is 0 Å². The van der Waals surface area contributed by atoms with Crippen molar-refractivity contribution in [2.45, 2.75) is 25.2 Å². The van der Waals surface area contributed by atoms with E-state index in [1.54, 1.807) is 0 Å². The molecule has 0 saturated carbocycles. The second kappa shape index (κ2) is 7.66. The molecule has 0 spiro atoms. The molecule has 1 saturated heterocycles. The molecule has 2 aliphatic rings. The summed E-state index contributed by atoms with van der Waals surface area (Å²) in [6.07, 6.45) is 2.65. The molecule has 5 rings (SSSR count).